The maximum absolute atomic E-state index is 6.46. The molecule has 0 saturated carbocycles. The van der Waals surface area contributed by atoms with Crippen LogP contribution in [0, 0.1) is 6.92 Å². The fourth-order valence-electron chi connectivity index (χ4n) is 2.27. The standard InChI is InChI=1S/C15H17N3S/c1-11-3-5-12(6-4-11)15(2,16)9-13-10-18-7-8-19-14(18)17-13/h3-8,10H,9,16H2,1-2H3. The Balaban J connectivity index is 1.88. The van der Waals surface area contributed by atoms with Crippen molar-refractivity contribution in [2.45, 2.75) is 25.8 Å². The summed E-state index contributed by atoms with van der Waals surface area (Å²) in [5, 5.41) is 2.04. The molecule has 0 aliphatic heterocycles. The lowest BCUT2D eigenvalue weighted by molar-refractivity contribution is 0.486. The van der Waals surface area contributed by atoms with E-state index in [0.29, 0.717) is 0 Å². The number of thiazole rings is 1. The quantitative estimate of drug-likeness (QED) is 0.795. The third-order valence-corrected chi connectivity index (χ3v) is 4.17. The first kappa shape index (κ1) is 12.4. The molecule has 2 aromatic heterocycles. The zero-order valence-electron chi connectivity index (χ0n) is 11.1. The summed E-state index contributed by atoms with van der Waals surface area (Å²) in [4.78, 5) is 5.63. The van der Waals surface area contributed by atoms with Crippen LogP contribution in [-0.2, 0) is 12.0 Å². The molecule has 0 fully saturated rings. The highest BCUT2D eigenvalue weighted by Crippen LogP contribution is 2.23. The Bertz CT molecular complexity index is 663. The van der Waals surface area contributed by atoms with E-state index in [2.05, 4.69) is 49.3 Å². The SMILES string of the molecule is Cc1ccc(C(C)(N)Cc2cn3ccsc3n2)cc1. The zero-order chi connectivity index (χ0) is 13.5. The molecule has 19 heavy (non-hydrogen) atoms. The minimum atomic E-state index is -0.391. The molecule has 0 aliphatic rings. The predicted molar refractivity (Wildman–Crippen MR) is 79.5 cm³/mol. The van der Waals surface area contributed by atoms with Crippen LogP contribution < -0.4 is 5.73 Å². The molecule has 1 aromatic carbocycles. The number of rotatable bonds is 3. The first-order valence-electron chi connectivity index (χ1n) is 6.32. The summed E-state index contributed by atoms with van der Waals surface area (Å²) in [5.74, 6) is 0. The Morgan fingerprint density at radius 1 is 1.32 bits per heavy atom. The maximum Gasteiger partial charge on any atom is 0.193 e. The number of hydrogen-bond acceptors (Lipinski definition) is 3. The molecule has 0 radical (unpaired) electrons. The fraction of sp³-hybridized carbons (Fsp3) is 0.267. The highest BCUT2D eigenvalue weighted by atomic mass is 32.1. The van der Waals surface area contributed by atoms with Crippen LogP contribution in [0.3, 0.4) is 0 Å². The predicted octanol–water partition coefficient (Wildman–Crippen LogP) is 3.12. The second kappa shape index (κ2) is 4.47. The molecule has 3 rings (SSSR count). The van der Waals surface area contributed by atoms with Crippen LogP contribution in [0.1, 0.15) is 23.7 Å². The van der Waals surface area contributed by atoms with E-state index in [4.69, 9.17) is 5.73 Å². The molecule has 2 heterocycles. The van der Waals surface area contributed by atoms with Crippen LogP contribution in [0.25, 0.3) is 4.96 Å². The average Bonchev–Trinajstić information content (AvgIpc) is 2.89. The van der Waals surface area contributed by atoms with Gasteiger partial charge in [0.2, 0.25) is 0 Å². The van der Waals surface area contributed by atoms with Gasteiger partial charge in [0.15, 0.2) is 4.96 Å². The minimum Gasteiger partial charge on any atom is -0.321 e. The van der Waals surface area contributed by atoms with E-state index in [9.17, 15) is 0 Å². The lowest BCUT2D eigenvalue weighted by Crippen LogP contribution is -2.35. The van der Waals surface area contributed by atoms with Crippen molar-refractivity contribution >= 4 is 16.3 Å². The summed E-state index contributed by atoms with van der Waals surface area (Å²) in [6.07, 6.45) is 4.83. The van der Waals surface area contributed by atoms with Gasteiger partial charge < -0.3 is 5.73 Å². The number of fused-ring (bicyclic) bond motifs is 1. The molecule has 0 aliphatic carbocycles. The Kier molecular flexibility index (Phi) is 2.92. The molecular formula is C15H17N3S. The maximum atomic E-state index is 6.46. The molecule has 2 N–H and O–H groups in total. The van der Waals surface area contributed by atoms with Crippen molar-refractivity contribution in [2.24, 2.45) is 5.73 Å². The molecule has 1 atom stereocenters. The third-order valence-electron chi connectivity index (χ3n) is 3.40. The molecule has 3 aromatic rings. The van der Waals surface area contributed by atoms with E-state index in [1.165, 1.54) is 5.56 Å². The van der Waals surface area contributed by atoms with Crippen molar-refractivity contribution in [3.8, 4) is 0 Å². The van der Waals surface area contributed by atoms with E-state index in [1.807, 2.05) is 16.0 Å². The van der Waals surface area contributed by atoms with E-state index in [0.717, 1.165) is 22.6 Å². The smallest absolute Gasteiger partial charge is 0.193 e. The zero-order valence-corrected chi connectivity index (χ0v) is 11.9. The summed E-state index contributed by atoms with van der Waals surface area (Å²) < 4.78 is 2.05. The molecule has 0 bridgehead atoms. The van der Waals surface area contributed by atoms with Gasteiger partial charge in [-0.2, -0.15) is 0 Å². The van der Waals surface area contributed by atoms with Gasteiger partial charge in [-0.25, -0.2) is 4.98 Å². The van der Waals surface area contributed by atoms with Crippen LogP contribution in [0.15, 0.2) is 42.0 Å². The van der Waals surface area contributed by atoms with Crippen LogP contribution in [0.5, 0.6) is 0 Å². The second-order valence-corrected chi connectivity index (χ2v) is 6.16. The molecule has 3 nitrogen and oxygen atoms in total. The van der Waals surface area contributed by atoms with Gasteiger partial charge in [0.25, 0.3) is 0 Å². The lowest BCUT2D eigenvalue weighted by atomic mass is 9.88. The topological polar surface area (TPSA) is 43.3 Å². The van der Waals surface area contributed by atoms with Gasteiger partial charge in [0, 0.05) is 29.7 Å². The second-order valence-electron chi connectivity index (χ2n) is 5.29. The number of aromatic nitrogens is 2. The summed E-state index contributed by atoms with van der Waals surface area (Å²) >= 11 is 1.64. The minimum absolute atomic E-state index is 0.391. The number of imidazole rings is 1. The van der Waals surface area contributed by atoms with Crippen molar-refractivity contribution in [1.82, 2.24) is 9.38 Å². The Hall–Kier alpha value is -1.65. The van der Waals surface area contributed by atoms with Crippen LogP contribution in [-0.4, -0.2) is 9.38 Å². The molecule has 0 spiro atoms. The van der Waals surface area contributed by atoms with Crippen LogP contribution in [0.4, 0.5) is 0 Å². The molecule has 98 valence electrons. The normalized spacial score (nSPS) is 14.7. The third kappa shape index (κ3) is 2.41. The summed E-state index contributed by atoms with van der Waals surface area (Å²) in [6.45, 7) is 4.15. The van der Waals surface area contributed by atoms with Crippen molar-refractivity contribution in [3.63, 3.8) is 0 Å². The van der Waals surface area contributed by atoms with Gasteiger partial charge in [-0.3, -0.25) is 4.40 Å². The highest BCUT2D eigenvalue weighted by Gasteiger charge is 2.23. The Morgan fingerprint density at radius 3 is 2.74 bits per heavy atom. The number of nitrogens with zero attached hydrogens (tertiary/aromatic N) is 2. The number of hydrogen-bond donors (Lipinski definition) is 1. The van der Waals surface area contributed by atoms with E-state index in [1.54, 1.807) is 11.3 Å². The lowest BCUT2D eigenvalue weighted by Gasteiger charge is -2.24. The summed E-state index contributed by atoms with van der Waals surface area (Å²) in [7, 11) is 0. The van der Waals surface area contributed by atoms with Gasteiger partial charge in [0.05, 0.1) is 5.69 Å². The van der Waals surface area contributed by atoms with E-state index in [-0.39, 0.29) is 0 Å². The van der Waals surface area contributed by atoms with Crippen molar-refractivity contribution in [2.75, 3.05) is 0 Å². The monoisotopic (exact) mass is 271 g/mol. The van der Waals surface area contributed by atoms with Gasteiger partial charge in [-0.15, -0.1) is 11.3 Å². The Morgan fingerprint density at radius 2 is 2.05 bits per heavy atom. The van der Waals surface area contributed by atoms with Gasteiger partial charge >= 0.3 is 0 Å². The largest absolute Gasteiger partial charge is 0.321 e. The molecular weight excluding hydrogens is 254 g/mol. The van der Waals surface area contributed by atoms with E-state index >= 15 is 0 Å². The number of aryl methyl sites for hydroxylation is 1. The molecule has 0 saturated heterocycles. The molecule has 1 unspecified atom stereocenters. The first-order chi connectivity index (χ1) is 9.04. The first-order valence-corrected chi connectivity index (χ1v) is 7.20. The summed E-state index contributed by atoms with van der Waals surface area (Å²) in [6, 6.07) is 8.42. The number of benzene rings is 1. The molecule has 4 heteroatoms. The average molecular weight is 271 g/mol. The van der Waals surface area contributed by atoms with E-state index < -0.39 is 5.54 Å². The van der Waals surface area contributed by atoms with Gasteiger partial charge in [-0.05, 0) is 19.4 Å². The Labute approximate surface area is 116 Å². The van der Waals surface area contributed by atoms with Crippen LogP contribution >= 0.6 is 11.3 Å². The highest BCUT2D eigenvalue weighted by molar-refractivity contribution is 7.15. The van der Waals surface area contributed by atoms with Gasteiger partial charge in [-0.1, -0.05) is 29.8 Å². The van der Waals surface area contributed by atoms with Crippen LogP contribution in [0.2, 0.25) is 0 Å². The van der Waals surface area contributed by atoms with Crippen molar-refractivity contribution in [3.05, 3.63) is 58.9 Å². The summed E-state index contributed by atoms with van der Waals surface area (Å²) in [5.41, 5.74) is 9.51. The molecule has 0 amide bonds. The van der Waals surface area contributed by atoms with Crippen molar-refractivity contribution in [1.29, 1.82) is 0 Å². The van der Waals surface area contributed by atoms with Gasteiger partial charge in [0.1, 0.15) is 0 Å². The fourth-order valence-corrected chi connectivity index (χ4v) is 2.99. The number of nitrogens with two attached hydrogens (primary N) is 1. The van der Waals surface area contributed by atoms with Crippen molar-refractivity contribution < 1.29 is 0 Å².